The molecule has 0 spiro atoms. The minimum atomic E-state index is -4.00. The van der Waals surface area contributed by atoms with E-state index in [1.54, 1.807) is 0 Å². The molecule has 0 radical (unpaired) electrons. The van der Waals surface area contributed by atoms with Crippen LogP contribution in [0.1, 0.15) is 39.5 Å². The fraction of sp³-hybridized carbons (Fsp3) is 1.00. The van der Waals surface area contributed by atoms with Crippen LogP contribution in [0, 0.1) is 0 Å². The van der Waals surface area contributed by atoms with Gasteiger partial charge >= 0.3 is 18.9 Å². The fourth-order valence-electron chi connectivity index (χ4n) is 0.679. The zero-order chi connectivity index (χ0) is 10.2. The molecule has 0 aromatic carbocycles. The molecule has 0 rings (SSSR count). The van der Waals surface area contributed by atoms with Crippen molar-refractivity contribution in [1.29, 1.82) is 0 Å². The van der Waals surface area contributed by atoms with E-state index >= 15 is 0 Å². The molecule has 0 aliphatic heterocycles. The van der Waals surface area contributed by atoms with Crippen molar-refractivity contribution < 1.29 is 37.4 Å². The molecule has 14 heavy (non-hydrogen) atoms. The van der Waals surface area contributed by atoms with Crippen molar-refractivity contribution in [2.24, 2.45) is 0 Å². The number of phosphoric ester groups is 1. The van der Waals surface area contributed by atoms with Crippen molar-refractivity contribution in [3.8, 4) is 0 Å². The van der Waals surface area contributed by atoms with Crippen molar-refractivity contribution in [1.82, 2.24) is 0 Å². The number of unbranched alkanes of at least 4 members (excludes halogenated alkanes) is 2. The number of hydrogen-bond donors (Lipinski definition) is 0. The predicted molar refractivity (Wildman–Crippen MR) is 49.3 cm³/mol. The van der Waals surface area contributed by atoms with Crippen LogP contribution in [-0.2, 0) is 13.6 Å². The van der Waals surface area contributed by atoms with Crippen molar-refractivity contribution in [2.45, 2.75) is 39.5 Å². The van der Waals surface area contributed by atoms with Crippen molar-refractivity contribution in [3.05, 3.63) is 0 Å². The smallest absolute Gasteiger partial charge is 0.756 e. The molecule has 0 unspecified atom stereocenters. The summed E-state index contributed by atoms with van der Waals surface area (Å²) in [5, 5.41) is 0. The van der Waals surface area contributed by atoms with Gasteiger partial charge in [-0.1, -0.05) is 26.7 Å². The first kappa shape index (κ1) is 17.1. The van der Waals surface area contributed by atoms with Crippen LogP contribution in [0.4, 0.5) is 0 Å². The van der Waals surface area contributed by atoms with E-state index < -0.39 is 7.82 Å². The molecule has 0 heterocycles. The molecule has 0 aliphatic carbocycles. The molecule has 0 aliphatic rings. The molecule has 80 valence electrons. The topological polar surface area (TPSA) is 58.6 Å². The summed E-state index contributed by atoms with van der Waals surface area (Å²) >= 11 is 0. The fourth-order valence-corrected chi connectivity index (χ4v) is 1.46. The summed E-state index contributed by atoms with van der Waals surface area (Å²) in [6.07, 6.45) is 3.30. The summed E-state index contributed by atoms with van der Waals surface area (Å²) in [4.78, 5) is 11.0. The van der Waals surface area contributed by atoms with E-state index in [0.717, 1.165) is 25.7 Å². The Hall–Kier alpha value is 0.707. The molecule has 4 nitrogen and oxygen atoms in total. The third kappa shape index (κ3) is 10.8. The van der Waals surface area contributed by atoms with Crippen molar-refractivity contribution in [3.63, 3.8) is 0 Å². The Bertz CT molecular complexity index is 151. The zero-order valence-electron chi connectivity index (χ0n) is 9.32. The first-order chi connectivity index (χ1) is 6.12. The van der Waals surface area contributed by atoms with Crippen LogP contribution in [0.3, 0.4) is 0 Å². The van der Waals surface area contributed by atoms with E-state index in [2.05, 4.69) is 9.05 Å². The van der Waals surface area contributed by atoms with Gasteiger partial charge in [-0.25, -0.2) is 0 Å². The average Bonchev–Trinajstić information content (AvgIpc) is 2.05. The molecule has 0 amide bonds. The maximum absolute atomic E-state index is 11.0. The molecule has 6 heteroatoms. The van der Waals surface area contributed by atoms with Crippen LogP contribution in [0.25, 0.3) is 0 Å². The molecule has 0 atom stereocenters. The molecule has 0 N–H and O–H groups in total. The van der Waals surface area contributed by atoms with Gasteiger partial charge in [0.2, 0.25) is 0 Å². The number of rotatable bonds is 8. The van der Waals surface area contributed by atoms with Crippen molar-refractivity contribution in [2.75, 3.05) is 13.2 Å². The van der Waals surface area contributed by atoms with Crippen LogP contribution >= 0.6 is 7.82 Å². The van der Waals surface area contributed by atoms with Gasteiger partial charge in [-0.05, 0) is 12.8 Å². The zero-order valence-corrected chi connectivity index (χ0v) is 10.2. The first-order valence-corrected chi connectivity index (χ1v) is 6.18. The monoisotopic (exact) mass is 216 g/mol. The van der Waals surface area contributed by atoms with Crippen LogP contribution in [0.5, 0.6) is 0 Å². The van der Waals surface area contributed by atoms with Gasteiger partial charge in [-0.3, -0.25) is 4.57 Å². The van der Waals surface area contributed by atoms with Gasteiger partial charge in [0.15, 0.2) is 0 Å². The molecule has 0 aromatic rings. The van der Waals surface area contributed by atoms with Crippen LogP contribution < -0.4 is 23.8 Å². The van der Waals surface area contributed by atoms with Crippen LogP contribution in [-0.4, -0.2) is 13.2 Å². The van der Waals surface area contributed by atoms with E-state index in [9.17, 15) is 9.46 Å². The van der Waals surface area contributed by atoms with Gasteiger partial charge in [0.05, 0.1) is 13.2 Å². The minimum Gasteiger partial charge on any atom is -0.756 e. The third-order valence-electron chi connectivity index (χ3n) is 1.49. The van der Waals surface area contributed by atoms with Gasteiger partial charge < -0.3 is 13.9 Å². The predicted octanol–water partition coefficient (Wildman–Crippen LogP) is -0.908. The van der Waals surface area contributed by atoms with Gasteiger partial charge in [-0.15, -0.1) is 0 Å². The Morgan fingerprint density at radius 2 is 1.43 bits per heavy atom. The summed E-state index contributed by atoms with van der Waals surface area (Å²) in [5.74, 6) is 0. The van der Waals surface area contributed by atoms with Gasteiger partial charge in [0, 0.05) is 0 Å². The van der Waals surface area contributed by atoms with E-state index in [1.807, 2.05) is 13.8 Å². The Balaban J connectivity index is 0. The molecule has 0 saturated carbocycles. The SMILES string of the molecule is CCCCOP(=O)([O-])OCCCC.[Li+]. The standard InChI is InChI=1S/C8H19O4P.Li/c1-3-5-7-11-13(9,10)12-8-6-4-2;/h3-8H2,1-2H3,(H,9,10);/q;+1/p-1. The second kappa shape index (κ2) is 10.2. The Labute approximate surface area is 98.2 Å². The average molecular weight is 216 g/mol. The molecule has 0 fully saturated rings. The largest absolute Gasteiger partial charge is 1.00 e. The summed E-state index contributed by atoms with van der Waals surface area (Å²) in [7, 11) is -4.00. The van der Waals surface area contributed by atoms with E-state index in [1.165, 1.54) is 0 Å². The summed E-state index contributed by atoms with van der Waals surface area (Å²) in [6, 6.07) is 0. The molecule has 0 saturated heterocycles. The van der Waals surface area contributed by atoms with E-state index in [0.29, 0.717) is 0 Å². The maximum atomic E-state index is 11.0. The van der Waals surface area contributed by atoms with Gasteiger partial charge in [0.1, 0.15) is 0 Å². The summed E-state index contributed by atoms with van der Waals surface area (Å²) in [6.45, 7) is 4.39. The maximum Gasteiger partial charge on any atom is 1.00 e. The molecule has 0 aromatic heterocycles. The number of hydrogen-bond acceptors (Lipinski definition) is 4. The summed E-state index contributed by atoms with van der Waals surface area (Å²) < 4.78 is 20.2. The molecular formula is C8H18LiO4P. The number of phosphoric acid groups is 1. The normalized spacial score (nSPS) is 11.1. The molecular weight excluding hydrogens is 198 g/mol. The van der Waals surface area contributed by atoms with Crippen molar-refractivity contribution >= 4 is 7.82 Å². The Kier molecular flexibility index (Phi) is 12.5. The van der Waals surface area contributed by atoms with Crippen LogP contribution in [0.2, 0.25) is 0 Å². The summed E-state index contributed by atoms with van der Waals surface area (Å²) in [5.41, 5.74) is 0. The quantitative estimate of drug-likeness (QED) is 0.299. The third-order valence-corrected chi connectivity index (χ3v) is 2.49. The van der Waals surface area contributed by atoms with Crippen LogP contribution in [0.15, 0.2) is 0 Å². The second-order valence-corrected chi connectivity index (χ2v) is 4.23. The van der Waals surface area contributed by atoms with Gasteiger partial charge in [0.25, 0.3) is 7.82 Å². The Morgan fingerprint density at radius 1 is 1.07 bits per heavy atom. The van der Waals surface area contributed by atoms with E-state index in [4.69, 9.17) is 0 Å². The minimum absolute atomic E-state index is 0. The first-order valence-electron chi connectivity index (χ1n) is 4.72. The molecule has 0 bridgehead atoms. The van der Waals surface area contributed by atoms with Gasteiger partial charge in [-0.2, -0.15) is 0 Å². The second-order valence-electron chi connectivity index (χ2n) is 2.82. The van der Waals surface area contributed by atoms with E-state index in [-0.39, 0.29) is 32.1 Å². The Morgan fingerprint density at radius 3 is 1.71 bits per heavy atom.